The van der Waals surface area contributed by atoms with E-state index in [0.717, 1.165) is 15.5 Å². The molecule has 2 heterocycles. The topological polar surface area (TPSA) is 82.4 Å². The van der Waals surface area contributed by atoms with E-state index in [1.54, 1.807) is 61.8 Å². The van der Waals surface area contributed by atoms with Crippen molar-refractivity contribution in [3.63, 3.8) is 0 Å². The average Bonchev–Trinajstić information content (AvgIpc) is 3.14. The number of nitrogens with one attached hydrogen (secondary N) is 1. The molecule has 0 spiro atoms. The van der Waals surface area contributed by atoms with Crippen LogP contribution in [0.4, 0.5) is 9.18 Å². The summed E-state index contributed by atoms with van der Waals surface area (Å²) in [6, 6.07) is 14.2. The molecule has 0 aliphatic carbocycles. The van der Waals surface area contributed by atoms with Gasteiger partial charge in [0.15, 0.2) is 0 Å². The number of rotatable bonds is 6. The number of nitrogens with zero attached hydrogens (tertiary/aromatic N) is 2. The molecule has 2 aromatic carbocycles. The maximum Gasteiger partial charge on any atom is 0.338 e. The zero-order valence-corrected chi connectivity index (χ0v) is 17.3. The van der Waals surface area contributed by atoms with Crippen LogP contribution < -0.4 is 20.3 Å². The van der Waals surface area contributed by atoms with Gasteiger partial charge in [-0.05, 0) is 53.5 Å². The van der Waals surface area contributed by atoms with E-state index in [1.165, 1.54) is 6.07 Å². The van der Waals surface area contributed by atoms with Crippen LogP contribution in [0, 0.1) is 5.82 Å². The lowest BCUT2D eigenvalue weighted by Gasteiger charge is -2.10. The van der Waals surface area contributed by atoms with Gasteiger partial charge in [-0.2, -0.15) is 3.96 Å². The van der Waals surface area contributed by atoms with E-state index in [-0.39, 0.29) is 13.2 Å². The summed E-state index contributed by atoms with van der Waals surface area (Å²) in [5.74, 6) is 0.779. The molecule has 1 amide bonds. The van der Waals surface area contributed by atoms with Gasteiger partial charge in [-0.1, -0.05) is 12.1 Å². The average molecular weight is 439 g/mol. The van der Waals surface area contributed by atoms with Gasteiger partial charge in [-0.15, -0.1) is 0 Å². The fourth-order valence-electron chi connectivity index (χ4n) is 2.95. The number of ether oxygens (including phenoxy) is 2. The molecule has 7 nitrogen and oxygen atoms in total. The monoisotopic (exact) mass is 439 g/mol. The van der Waals surface area contributed by atoms with Crippen molar-refractivity contribution in [2.75, 3.05) is 7.11 Å². The SMILES string of the molecule is COc1cccc(OCc2cc(CNC(=O)n3sc4ncccc4c3=O)ccc2F)c1. The van der Waals surface area contributed by atoms with E-state index in [1.807, 2.05) is 0 Å². The van der Waals surface area contributed by atoms with Crippen molar-refractivity contribution < 1.29 is 18.7 Å². The highest BCUT2D eigenvalue weighted by Gasteiger charge is 2.14. The van der Waals surface area contributed by atoms with Crippen molar-refractivity contribution in [1.29, 1.82) is 0 Å². The number of hydrogen-bond acceptors (Lipinski definition) is 6. The van der Waals surface area contributed by atoms with Crippen LogP contribution in [0.15, 0.2) is 65.6 Å². The van der Waals surface area contributed by atoms with E-state index in [9.17, 15) is 14.0 Å². The number of pyridine rings is 1. The number of benzene rings is 2. The molecule has 0 radical (unpaired) electrons. The van der Waals surface area contributed by atoms with Gasteiger partial charge in [0.1, 0.15) is 28.8 Å². The molecule has 0 atom stereocenters. The molecule has 158 valence electrons. The Hall–Kier alpha value is -3.72. The largest absolute Gasteiger partial charge is 0.497 e. The number of amides is 1. The Morgan fingerprint density at radius 2 is 2.00 bits per heavy atom. The second-order valence-corrected chi connectivity index (χ2v) is 7.53. The third-order valence-corrected chi connectivity index (χ3v) is 5.55. The van der Waals surface area contributed by atoms with Crippen LogP contribution in [-0.4, -0.2) is 22.1 Å². The molecule has 9 heteroatoms. The zero-order valence-electron chi connectivity index (χ0n) is 16.5. The van der Waals surface area contributed by atoms with Crippen LogP contribution in [-0.2, 0) is 13.2 Å². The molecule has 0 saturated heterocycles. The van der Waals surface area contributed by atoms with Crippen molar-refractivity contribution in [2.24, 2.45) is 0 Å². The third kappa shape index (κ3) is 4.56. The third-order valence-electron chi connectivity index (χ3n) is 4.54. The molecule has 0 aliphatic rings. The molecule has 1 N–H and O–H groups in total. The normalized spacial score (nSPS) is 10.8. The summed E-state index contributed by atoms with van der Waals surface area (Å²) >= 11 is 0.972. The van der Waals surface area contributed by atoms with Crippen LogP contribution >= 0.6 is 11.5 Å². The summed E-state index contributed by atoms with van der Waals surface area (Å²) in [6.45, 7) is 0.140. The summed E-state index contributed by atoms with van der Waals surface area (Å²) in [7, 11) is 1.56. The lowest BCUT2D eigenvalue weighted by atomic mass is 10.1. The summed E-state index contributed by atoms with van der Waals surface area (Å²) in [4.78, 5) is 29.4. The van der Waals surface area contributed by atoms with Crippen LogP contribution in [0.3, 0.4) is 0 Å². The predicted octanol–water partition coefficient (Wildman–Crippen LogP) is 3.94. The number of fused-ring (bicyclic) bond motifs is 1. The van der Waals surface area contributed by atoms with Crippen molar-refractivity contribution in [1.82, 2.24) is 14.3 Å². The highest BCUT2D eigenvalue weighted by Crippen LogP contribution is 2.21. The number of halogens is 1. The van der Waals surface area contributed by atoms with Gasteiger partial charge in [-0.25, -0.2) is 14.2 Å². The van der Waals surface area contributed by atoms with E-state index in [4.69, 9.17) is 9.47 Å². The van der Waals surface area contributed by atoms with Gasteiger partial charge in [0.05, 0.1) is 12.5 Å². The fourth-order valence-corrected chi connectivity index (χ4v) is 3.81. The molecule has 0 unspecified atom stereocenters. The lowest BCUT2D eigenvalue weighted by Crippen LogP contribution is -2.32. The van der Waals surface area contributed by atoms with Crippen LogP contribution in [0.2, 0.25) is 0 Å². The first-order chi connectivity index (χ1) is 15.0. The molecular weight excluding hydrogens is 421 g/mol. The Bertz CT molecular complexity index is 1300. The molecule has 0 aliphatic heterocycles. The minimum atomic E-state index is -0.563. The second kappa shape index (κ2) is 8.97. The first kappa shape index (κ1) is 20.5. The summed E-state index contributed by atoms with van der Waals surface area (Å²) in [5.41, 5.74) is 0.598. The molecular formula is C22H18FN3O4S. The molecule has 0 bridgehead atoms. The minimum Gasteiger partial charge on any atom is -0.497 e. The van der Waals surface area contributed by atoms with Gasteiger partial charge in [0, 0.05) is 24.4 Å². The van der Waals surface area contributed by atoms with Crippen molar-refractivity contribution >= 4 is 27.8 Å². The minimum absolute atomic E-state index is 0.0161. The molecule has 31 heavy (non-hydrogen) atoms. The Morgan fingerprint density at radius 1 is 1.16 bits per heavy atom. The maximum atomic E-state index is 14.2. The summed E-state index contributed by atoms with van der Waals surface area (Å²) in [6.07, 6.45) is 1.56. The van der Waals surface area contributed by atoms with Crippen molar-refractivity contribution in [2.45, 2.75) is 13.2 Å². The Labute approximate surface area is 180 Å². The molecule has 4 rings (SSSR count). The van der Waals surface area contributed by atoms with Gasteiger partial charge in [0.2, 0.25) is 0 Å². The quantitative estimate of drug-likeness (QED) is 0.492. The van der Waals surface area contributed by atoms with Crippen LogP contribution in [0.25, 0.3) is 10.2 Å². The van der Waals surface area contributed by atoms with Gasteiger partial charge < -0.3 is 14.8 Å². The maximum absolute atomic E-state index is 14.2. The van der Waals surface area contributed by atoms with E-state index >= 15 is 0 Å². The smallest absolute Gasteiger partial charge is 0.338 e. The van der Waals surface area contributed by atoms with E-state index in [0.29, 0.717) is 32.8 Å². The standard InChI is InChI=1S/C22H18FN3O4S/c1-29-16-4-2-5-17(11-16)30-13-15-10-14(7-8-19(15)23)12-25-22(28)26-21(27)18-6-3-9-24-20(18)31-26/h2-11H,12-13H2,1H3,(H,25,28). The Kier molecular flexibility index (Phi) is 5.94. The first-order valence-electron chi connectivity index (χ1n) is 9.34. The predicted molar refractivity (Wildman–Crippen MR) is 115 cm³/mol. The van der Waals surface area contributed by atoms with Crippen LogP contribution in [0.1, 0.15) is 11.1 Å². The first-order valence-corrected chi connectivity index (χ1v) is 10.1. The highest BCUT2D eigenvalue weighted by atomic mass is 32.1. The number of hydrogen-bond donors (Lipinski definition) is 1. The molecule has 0 fully saturated rings. The van der Waals surface area contributed by atoms with Gasteiger partial charge in [0.25, 0.3) is 5.56 Å². The molecule has 0 saturated carbocycles. The lowest BCUT2D eigenvalue weighted by molar-refractivity contribution is 0.243. The van der Waals surface area contributed by atoms with Crippen molar-refractivity contribution in [3.8, 4) is 11.5 Å². The fraction of sp³-hybridized carbons (Fsp3) is 0.136. The van der Waals surface area contributed by atoms with Crippen molar-refractivity contribution in [3.05, 3.63) is 88.1 Å². The Balaban J connectivity index is 1.43. The van der Waals surface area contributed by atoms with E-state index < -0.39 is 17.4 Å². The summed E-state index contributed by atoms with van der Waals surface area (Å²) in [5, 5.41) is 3.07. The molecule has 4 aromatic rings. The van der Waals surface area contributed by atoms with Gasteiger partial charge >= 0.3 is 6.03 Å². The second-order valence-electron chi connectivity index (χ2n) is 6.60. The summed E-state index contributed by atoms with van der Waals surface area (Å²) < 4.78 is 26.0. The van der Waals surface area contributed by atoms with E-state index in [2.05, 4.69) is 10.3 Å². The Morgan fingerprint density at radius 3 is 2.81 bits per heavy atom. The van der Waals surface area contributed by atoms with Gasteiger partial charge in [-0.3, -0.25) is 4.79 Å². The van der Waals surface area contributed by atoms with Crippen LogP contribution in [0.5, 0.6) is 11.5 Å². The number of aromatic nitrogens is 2. The number of carbonyl (C=O) groups is 1. The number of methoxy groups -OCH3 is 1. The zero-order chi connectivity index (χ0) is 21.8. The highest BCUT2D eigenvalue weighted by molar-refractivity contribution is 7.14. The number of carbonyl (C=O) groups excluding carboxylic acids is 1. The molecule has 2 aromatic heterocycles.